The fraction of sp³-hybridized carbons (Fsp3) is 0.119. The first-order valence-electron chi connectivity index (χ1n) is 16.4. The summed E-state index contributed by atoms with van der Waals surface area (Å²) in [6, 6.07) is 41.1. The number of anilines is 1. The minimum absolute atomic E-state index is 0.122. The number of nitrogens with two attached hydrogens (primary N) is 3. The molecule has 12 heteroatoms. The zero-order valence-corrected chi connectivity index (χ0v) is 31.7. The fourth-order valence-electron chi connectivity index (χ4n) is 4.93. The quantitative estimate of drug-likeness (QED) is 0.0850. The number of carbonyl (C=O) groups excluding carboxylic acids is 3. The second kappa shape index (κ2) is 23.2. The van der Waals surface area contributed by atoms with Crippen LogP contribution >= 0.6 is 15.9 Å². The first-order chi connectivity index (χ1) is 25.8. The van der Waals surface area contributed by atoms with Crippen LogP contribution in [-0.2, 0) is 4.79 Å². The number of rotatable bonds is 4. The Morgan fingerprint density at radius 2 is 1.04 bits per heavy atom. The number of nitrogen functional groups attached to an aromatic ring is 1. The predicted molar refractivity (Wildman–Crippen MR) is 220 cm³/mol. The maximum Gasteiger partial charge on any atom is 0.309 e. The van der Waals surface area contributed by atoms with Crippen molar-refractivity contribution in [2.24, 2.45) is 11.5 Å². The van der Waals surface area contributed by atoms with Crippen LogP contribution in [-0.4, -0.2) is 50.7 Å². The molecule has 0 atom stereocenters. The van der Waals surface area contributed by atoms with Crippen LogP contribution in [0, 0.1) is 0 Å². The molecule has 8 N–H and O–H groups in total. The van der Waals surface area contributed by atoms with E-state index in [9.17, 15) is 9.59 Å². The normalized spacial score (nSPS) is 9.57. The number of aliphatic carboxylic acids is 1. The van der Waals surface area contributed by atoms with E-state index in [-0.39, 0.29) is 24.2 Å². The molecule has 0 saturated carbocycles. The summed E-state index contributed by atoms with van der Waals surface area (Å²) in [7, 11) is 0. The number of benzene rings is 6. The third-order valence-corrected chi connectivity index (χ3v) is 7.48. The summed E-state index contributed by atoms with van der Waals surface area (Å²) in [5, 5.41) is 22.0. The Morgan fingerprint density at radius 3 is 1.46 bits per heavy atom. The number of alkyl halides is 1. The Kier molecular flexibility index (Phi) is 18.8. The van der Waals surface area contributed by atoms with Crippen LogP contribution < -0.4 is 17.2 Å². The van der Waals surface area contributed by atoms with E-state index in [1.807, 2.05) is 109 Å². The zero-order valence-electron chi connectivity index (χ0n) is 30.1. The predicted octanol–water partition coefficient (Wildman–Crippen LogP) is 8.65. The van der Waals surface area contributed by atoms with Gasteiger partial charge in [-0.05, 0) is 46.2 Å². The van der Waals surface area contributed by atoms with Gasteiger partial charge in [-0.3, -0.25) is 14.4 Å². The molecule has 0 aliphatic rings. The monoisotopic (exact) mass is 794 g/mol. The number of hydrogen-bond donors (Lipinski definition) is 5. The molecule has 0 radical (unpaired) electrons. The summed E-state index contributed by atoms with van der Waals surface area (Å²) >= 11 is 3.19. The van der Waals surface area contributed by atoms with Crippen LogP contribution in [0.25, 0.3) is 43.6 Å². The largest absolute Gasteiger partial charge is 0.481 e. The van der Waals surface area contributed by atoms with Crippen LogP contribution in [0.5, 0.6) is 0 Å². The lowest BCUT2D eigenvalue weighted by Crippen LogP contribution is -2.18. The van der Waals surface area contributed by atoms with Crippen molar-refractivity contribution in [2.75, 3.05) is 17.7 Å². The van der Waals surface area contributed by atoms with Gasteiger partial charge in [-0.2, -0.15) is 4.98 Å². The standard InChI is InChI=1S/C13H10N2O.C12H9BrO.C12H10O.C2H4O2.C2H6O.CH4N2O/c14-13-15-12(8-16-13)11-7-3-5-9-4-1-2-6-10(9)11;13-8-12(14)11-7-3-5-9-4-1-2-6-10(9)11;1-9(13)11-8-4-6-10-5-2-3-7-12(10)11;1-2(3)4;1-2-3;2-1(3)4/h1-8H,(H2,14,15);1-7H,8H2;2-8H,1H3;1H3,(H,3,4);3H,2H2,1H3;(H4,2,3,4). The van der Waals surface area contributed by atoms with Crippen molar-refractivity contribution in [1.82, 2.24) is 4.98 Å². The Morgan fingerprint density at radius 1 is 0.667 bits per heavy atom. The molecule has 1 aromatic heterocycles. The van der Waals surface area contributed by atoms with Gasteiger partial charge >= 0.3 is 6.03 Å². The lowest BCUT2D eigenvalue weighted by atomic mass is 10.0. The number of aromatic nitrogens is 1. The van der Waals surface area contributed by atoms with E-state index >= 15 is 0 Å². The molecule has 7 aromatic rings. The van der Waals surface area contributed by atoms with Gasteiger partial charge in [0, 0.05) is 30.2 Å². The van der Waals surface area contributed by atoms with Crippen molar-refractivity contribution in [3.63, 3.8) is 0 Å². The molecule has 280 valence electrons. The number of Topliss-reactive ketones (excluding diaryl/α,β-unsaturated/α-hetero) is 2. The maximum absolute atomic E-state index is 11.6. The van der Waals surface area contributed by atoms with E-state index < -0.39 is 12.0 Å². The number of halogens is 1. The summed E-state index contributed by atoms with van der Waals surface area (Å²) in [4.78, 5) is 45.0. The van der Waals surface area contributed by atoms with Crippen molar-refractivity contribution in [3.8, 4) is 11.3 Å². The second-order valence-electron chi connectivity index (χ2n) is 11.0. The van der Waals surface area contributed by atoms with Crippen LogP contribution in [0.4, 0.5) is 10.8 Å². The molecule has 0 fully saturated rings. The Bertz CT molecular complexity index is 2250. The Balaban J connectivity index is 0.000000247. The number of carbonyl (C=O) groups is 4. The molecule has 0 bridgehead atoms. The van der Waals surface area contributed by atoms with Gasteiger partial charge in [0.25, 0.3) is 12.0 Å². The first-order valence-corrected chi connectivity index (χ1v) is 17.6. The number of aliphatic hydroxyl groups is 1. The number of carboxylic acids is 1. The number of hydrogen-bond acceptors (Lipinski definition) is 8. The van der Waals surface area contributed by atoms with Gasteiger partial charge in [-0.25, -0.2) is 4.79 Å². The number of nitrogens with zero attached hydrogens (tertiary/aromatic N) is 1. The third-order valence-electron chi connectivity index (χ3n) is 6.97. The molecule has 0 unspecified atom stereocenters. The van der Waals surface area contributed by atoms with Gasteiger partial charge in [0.2, 0.25) is 0 Å². The number of urea groups is 1. The Hall–Kier alpha value is -6.37. The molecule has 0 saturated heterocycles. The number of ketones is 2. The first kappa shape index (κ1) is 43.8. The van der Waals surface area contributed by atoms with Gasteiger partial charge in [0.1, 0.15) is 12.0 Å². The summed E-state index contributed by atoms with van der Waals surface area (Å²) in [6.07, 6.45) is 1.58. The molecule has 1 heterocycles. The number of aliphatic hydroxyl groups excluding tert-OH is 1. The summed E-state index contributed by atoms with van der Waals surface area (Å²) in [5.41, 5.74) is 17.4. The number of fused-ring (bicyclic) bond motifs is 3. The molecule has 11 nitrogen and oxygen atoms in total. The van der Waals surface area contributed by atoms with Crippen molar-refractivity contribution >= 4 is 77.8 Å². The Labute approximate surface area is 321 Å². The highest BCUT2D eigenvalue weighted by atomic mass is 79.9. The highest BCUT2D eigenvalue weighted by molar-refractivity contribution is 9.09. The van der Waals surface area contributed by atoms with E-state index in [0.717, 1.165) is 56.2 Å². The highest BCUT2D eigenvalue weighted by Crippen LogP contribution is 2.28. The van der Waals surface area contributed by atoms with Crippen molar-refractivity contribution in [1.29, 1.82) is 0 Å². The smallest absolute Gasteiger partial charge is 0.309 e. The number of carboxylic acid groups (broad SMARTS) is 1. The molecule has 54 heavy (non-hydrogen) atoms. The fourth-order valence-corrected chi connectivity index (χ4v) is 5.24. The van der Waals surface area contributed by atoms with Crippen LogP contribution in [0.15, 0.2) is 138 Å². The topological polar surface area (TPSA) is 213 Å². The van der Waals surface area contributed by atoms with Crippen LogP contribution in [0.2, 0.25) is 0 Å². The van der Waals surface area contributed by atoms with Crippen molar-refractivity contribution < 1.29 is 33.8 Å². The van der Waals surface area contributed by atoms with Gasteiger partial charge in [0.05, 0.1) is 5.33 Å². The average molecular weight is 796 g/mol. The maximum atomic E-state index is 11.6. The zero-order chi connectivity index (χ0) is 40.0. The van der Waals surface area contributed by atoms with Gasteiger partial charge in [-0.1, -0.05) is 143 Å². The van der Waals surface area contributed by atoms with Crippen LogP contribution in [0.1, 0.15) is 41.5 Å². The molecular formula is C42H43BrN4O7. The third kappa shape index (κ3) is 14.3. The van der Waals surface area contributed by atoms with E-state index in [2.05, 4.69) is 50.6 Å². The average Bonchev–Trinajstić information content (AvgIpc) is 3.60. The minimum atomic E-state index is -0.833. The van der Waals surface area contributed by atoms with Crippen LogP contribution in [0.3, 0.4) is 0 Å². The number of oxazole rings is 1. The molecular weight excluding hydrogens is 752 g/mol. The van der Waals surface area contributed by atoms with E-state index in [1.54, 1.807) is 20.1 Å². The van der Waals surface area contributed by atoms with E-state index in [4.69, 9.17) is 30.0 Å². The molecule has 2 amide bonds. The van der Waals surface area contributed by atoms with E-state index in [1.165, 1.54) is 5.39 Å². The number of amides is 2. The summed E-state index contributed by atoms with van der Waals surface area (Å²) in [5.74, 6) is -0.585. The number of primary amides is 2. The second-order valence-corrected chi connectivity index (χ2v) is 11.6. The van der Waals surface area contributed by atoms with E-state index in [0.29, 0.717) is 5.33 Å². The van der Waals surface area contributed by atoms with Crippen molar-refractivity contribution in [3.05, 3.63) is 145 Å². The molecule has 7 rings (SSSR count). The van der Waals surface area contributed by atoms with Gasteiger partial charge < -0.3 is 31.8 Å². The summed E-state index contributed by atoms with van der Waals surface area (Å²) < 4.78 is 5.03. The minimum Gasteiger partial charge on any atom is -0.481 e. The molecule has 0 aliphatic carbocycles. The van der Waals surface area contributed by atoms with Gasteiger partial charge in [-0.15, -0.1) is 0 Å². The molecule has 6 aromatic carbocycles. The van der Waals surface area contributed by atoms with Gasteiger partial charge in [0.15, 0.2) is 11.6 Å². The highest BCUT2D eigenvalue weighted by Gasteiger charge is 2.08. The lowest BCUT2D eigenvalue weighted by molar-refractivity contribution is -0.134. The summed E-state index contributed by atoms with van der Waals surface area (Å²) in [6.45, 7) is 4.61. The van der Waals surface area contributed by atoms with Crippen molar-refractivity contribution in [2.45, 2.75) is 20.8 Å². The molecule has 0 spiro atoms. The molecule has 0 aliphatic heterocycles. The SMILES string of the molecule is CC(=O)O.CC(=O)c1cccc2ccccc12.CCO.NC(N)=O.Nc1nc(-c2cccc3ccccc23)co1.O=C(CBr)c1cccc2ccccc12. The lowest BCUT2D eigenvalue weighted by Gasteiger charge is -2.02.